The van der Waals surface area contributed by atoms with Gasteiger partial charge in [0.2, 0.25) is 0 Å². The lowest BCUT2D eigenvalue weighted by Gasteiger charge is -2.23. The quantitative estimate of drug-likeness (QED) is 0.920. The molecule has 0 spiro atoms. The number of hydrogen-bond donors (Lipinski definition) is 1. The normalized spacial score (nSPS) is 11.6. The van der Waals surface area contributed by atoms with Gasteiger partial charge in [0.15, 0.2) is 0 Å². The lowest BCUT2D eigenvalue weighted by molar-refractivity contribution is 0.214. The van der Waals surface area contributed by atoms with Gasteiger partial charge < -0.3 is 9.84 Å². The Hall–Kier alpha value is -0.610. The molecular weight excluding hydrogens is 263 g/mol. The molecule has 0 unspecified atom stereocenters. The summed E-state index contributed by atoms with van der Waals surface area (Å²) >= 11 is 3.12. The molecule has 0 bridgehead atoms. The van der Waals surface area contributed by atoms with Gasteiger partial charge >= 0.3 is 0 Å². The van der Waals surface area contributed by atoms with Gasteiger partial charge in [-0.15, -0.1) is 0 Å². The van der Waals surface area contributed by atoms with Crippen molar-refractivity contribution in [3.8, 4) is 5.75 Å². The predicted octanol–water partition coefficient (Wildman–Crippen LogP) is 2.87. The van der Waals surface area contributed by atoms with Crippen LogP contribution in [0.1, 0.15) is 19.4 Å². The van der Waals surface area contributed by atoms with Crippen molar-refractivity contribution in [1.29, 1.82) is 0 Å². The van der Waals surface area contributed by atoms with Crippen molar-refractivity contribution >= 4 is 15.9 Å². The molecule has 15 heavy (non-hydrogen) atoms. The van der Waals surface area contributed by atoms with Gasteiger partial charge in [-0.1, -0.05) is 13.8 Å². The van der Waals surface area contributed by atoms with E-state index in [9.17, 15) is 9.50 Å². The summed E-state index contributed by atoms with van der Waals surface area (Å²) in [5, 5.41) is 9.20. The van der Waals surface area contributed by atoms with Crippen LogP contribution in [-0.4, -0.2) is 18.8 Å². The van der Waals surface area contributed by atoms with Crippen LogP contribution in [0, 0.1) is 5.82 Å². The van der Waals surface area contributed by atoms with E-state index in [0.717, 1.165) is 0 Å². The second-order valence-electron chi connectivity index (χ2n) is 4.01. The SMILES string of the molecule is COc1cc(Br)c(F)c(C(C)(C)CO)c1. The lowest BCUT2D eigenvalue weighted by Crippen LogP contribution is -2.23. The maximum Gasteiger partial charge on any atom is 0.141 e. The second kappa shape index (κ2) is 4.49. The zero-order chi connectivity index (χ0) is 11.6. The summed E-state index contributed by atoms with van der Waals surface area (Å²) in [7, 11) is 1.52. The summed E-state index contributed by atoms with van der Waals surface area (Å²) in [4.78, 5) is 0. The first-order valence-corrected chi connectivity index (χ1v) is 5.36. The molecule has 1 rings (SSSR count). The highest BCUT2D eigenvalue weighted by Gasteiger charge is 2.25. The number of ether oxygens (including phenoxy) is 1. The van der Waals surface area contributed by atoms with Crippen LogP contribution >= 0.6 is 15.9 Å². The second-order valence-corrected chi connectivity index (χ2v) is 4.87. The smallest absolute Gasteiger partial charge is 0.141 e. The minimum atomic E-state index is -0.624. The Kier molecular flexibility index (Phi) is 3.73. The highest BCUT2D eigenvalue weighted by molar-refractivity contribution is 9.10. The Morgan fingerprint density at radius 2 is 2.07 bits per heavy atom. The number of methoxy groups -OCH3 is 1. The van der Waals surface area contributed by atoms with Crippen LogP contribution in [0.25, 0.3) is 0 Å². The summed E-state index contributed by atoms with van der Waals surface area (Å²) in [5.74, 6) is 0.217. The summed E-state index contributed by atoms with van der Waals surface area (Å²) < 4.78 is 19.2. The highest BCUT2D eigenvalue weighted by Crippen LogP contribution is 2.33. The monoisotopic (exact) mass is 276 g/mol. The average Bonchev–Trinajstić information content (AvgIpc) is 2.21. The highest BCUT2D eigenvalue weighted by atomic mass is 79.9. The molecule has 0 aliphatic rings. The first-order chi connectivity index (χ1) is 6.92. The molecule has 1 aromatic carbocycles. The molecule has 0 aromatic heterocycles. The van der Waals surface area contributed by atoms with Crippen LogP contribution < -0.4 is 4.74 Å². The van der Waals surface area contributed by atoms with Gasteiger partial charge in [-0.05, 0) is 28.1 Å². The topological polar surface area (TPSA) is 29.5 Å². The van der Waals surface area contributed by atoms with Crippen molar-refractivity contribution in [2.45, 2.75) is 19.3 Å². The van der Waals surface area contributed by atoms with Gasteiger partial charge in [-0.25, -0.2) is 4.39 Å². The molecule has 0 saturated heterocycles. The van der Waals surface area contributed by atoms with Gasteiger partial charge in [-0.3, -0.25) is 0 Å². The van der Waals surface area contributed by atoms with Crippen LogP contribution in [0.15, 0.2) is 16.6 Å². The van der Waals surface area contributed by atoms with E-state index in [4.69, 9.17) is 4.74 Å². The summed E-state index contributed by atoms with van der Waals surface area (Å²) in [6.45, 7) is 3.43. The molecule has 84 valence electrons. The van der Waals surface area contributed by atoms with Gasteiger partial charge in [0.05, 0.1) is 18.2 Å². The van der Waals surface area contributed by atoms with E-state index < -0.39 is 5.41 Å². The number of benzene rings is 1. The molecule has 0 heterocycles. The van der Waals surface area contributed by atoms with E-state index in [0.29, 0.717) is 15.8 Å². The Labute approximate surface area is 97.2 Å². The Morgan fingerprint density at radius 3 is 2.53 bits per heavy atom. The zero-order valence-electron chi connectivity index (χ0n) is 8.97. The Balaban J connectivity index is 3.34. The molecule has 4 heteroatoms. The third-order valence-corrected chi connectivity index (χ3v) is 2.94. The molecule has 0 atom stereocenters. The zero-order valence-corrected chi connectivity index (χ0v) is 10.6. The fourth-order valence-electron chi connectivity index (χ4n) is 1.26. The van der Waals surface area contributed by atoms with Gasteiger partial charge in [0, 0.05) is 11.0 Å². The molecular formula is C11H14BrFO2. The standard InChI is InChI=1S/C11H14BrFO2/c1-11(2,6-14)8-4-7(15-3)5-9(12)10(8)13/h4-5,14H,6H2,1-3H3. The van der Waals surface area contributed by atoms with Crippen LogP contribution in [0.5, 0.6) is 5.75 Å². The van der Waals surface area contributed by atoms with Crippen LogP contribution in [0.2, 0.25) is 0 Å². The van der Waals surface area contributed by atoms with E-state index in [1.54, 1.807) is 26.0 Å². The summed E-state index contributed by atoms with van der Waals surface area (Å²) in [6.07, 6.45) is 0. The number of hydrogen-bond acceptors (Lipinski definition) is 2. The fourth-order valence-corrected chi connectivity index (χ4v) is 1.70. The maximum atomic E-state index is 13.8. The van der Waals surface area contributed by atoms with E-state index in [1.165, 1.54) is 7.11 Å². The molecule has 0 aliphatic heterocycles. The average molecular weight is 277 g/mol. The Bertz CT molecular complexity index is 364. The first kappa shape index (κ1) is 12.5. The van der Waals surface area contributed by atoms with Crippen LogP contribution in [0.3, 0.4) is 0 Å². The van der Waals surface area contributed by atoms with Crippen molar-refractivity contribution in [1.82, 2.24) is 0 Å². The molecule has 1 N–H and O–H groups in total. The van der Waals surface area contributed by atoms with E-state index >= 15 is 0 Å². The maximum absolute atomic E-state index is 13.8. The fraction of sp³-hybridized carbons (Fsp3) is 0.455. The van der Waals surface area contributed by atoms with Crippen molar-refractivity contribution < 1.29 is 14.2 Å². The van der Waals surface area contributed by atoms with Crippen LogP contribution in [0.4, 0.5) is 4.39 Å². The lowest BCUT2D eigenvalue weighted by atomic mass is 9.85. The molecule has 0 fully saturated rings. The summed E-state index contributed by atoms with van der Waals surface area (Å²) in [5.41, 5.74) is -0.183. The van der Waals surface area contributed by atoms with Gasteiger partial charge in [-0.2, -0.15) is 0 Å². The predicted molar refractivity (Wildman–Crippen MR) is 60.8 cm³/mol. The first-order valence-electron chi connectivity index (χ1n) is 4.56. The molecule has 1 aromatic rings. The minimum absolute atomic E-state index is 0.122. The number of aliphatic hydroxyl groups excluding tert-OH is 1. The van der Waals surface area contributed by atoms with Crippen molar-refractivity contribution in [2.24, 2.45) is 0 Å². The molecule has 0 saturated carbocycles. The van der Waals surface area contributed by atoms with E-state index in [-0.39, 0.29) is 12.4 Å². The largest absolute Gasteiger partial charge is 0.497 e. The van der Waals surface area contributed by atoms with Gasteiger partial charge in [0.25, 0.3) is 0 Å². The van der Waals surface area contributed by atoms with Crippen LogP contribution in [-0.2, 0) is 5.41 Å². The van der Waals surface area contributed by atoms with Crippen molar-refractivity contribution in [2.75, 3.05) is 13.7 Å². The minimum Gasteiger partial charge on any atom is -0.497 e. The van der Waals surface area contributed by atoms with E-state index in [1.807, 2.05) is 0 Å². The molecule has 0 aliphatic carbocycles. The third-order valence-electron chi connectivity index (χ3n) is 2.36. The van der Waals surface area contributed by atoms with E-state index in [2.05, 4.69) is 15.9 Å². The third kappa shape index (κ3) is 2.49. The van der Waals surface area contributed by atoms with Crippen molar-refractivity contribution in [3.63, 3.8) is 0 Å². The summed E-state index contributed by atoms with van der Waals surface area (Å²) in [6, 6.07) is 3.17. The molecule has 0 radical (unpaired) electrons. The number of rotatable bonds is 3. The molecule has 2 nitrogen and oxygen atoms in total. The molecule has 0 amide bonds. The van der Waals surface area contributed by atoms with Gasteiger partial charge in [0.1, 0.15) is 11.6 Å². The van der Waals surface area contributed by atoms with Crippen molar-refractivity contribution in [3.05, 3.63) is 28.0 Å². The number of aliphatic hydroxyl groups is 1. The Morgan fingerprint density at radius 1 is 1.47 bits per heavy atom. The number of halogens is 2.